The maximum atomic E-state index is 11.7. The van der Waals surface area contributed by atoms with E-state index in [1.807, 2.05) is 6.07 Å². The molecular formula is C12H8Cl2N2OS. The number of nitrogens with zero attached hydrogens (tertiary/aromatic N) is 1. The standard InChI is InChI=1S/C12H8Cl2N2OS/c13-10-4-2-1-3-9(10)12(17)16-15-7-8-5-6-11(14)18-8/h1-7H,(H,16,17). The van der Waals surface area contributed by atoms with Crippen LogP contribution < -0.4 is 5.43 Å². The van der Waals surface area contributed by atoms with Gasteiger partial charge < -0.3 is 0 Å². The molecule has 1 heterocycles. The number of hydrogen-bond donors (Lipinski definition) is 1. The summed E-state index contributed by atoms with van der Waals surface area (Å²) in [5.41, 5.74) is 2.80. The van der Waals surface area contributed by atoms with Crippen LogP contribution in [-0.4, -0.2) is 12.1 Å². The lowest BCUT2D eigenvalue weighted by Crippen LogP contribution is -2.17. The van der Waals surface area contributed by atoms with Gasteiger partial charge >= 0.3 is 0 Å². The zero-order valence-electron chi connectivity index (χ0n) is 9.06. The first-order chi connectivity index (χ1) is 8.66. The highest BCUT2D eigenvalue weighted by molar-refractivity contribution is 7.17. The summed E-state index contributed by atoms with van der Waals surface area (Å²) in [7, 11) is 0. The molecule has 0 aliphatic rings. The van der Waals surface area contributed by atoms with Crippen molar-refractivity contribution in [2.24, 2.45) is 5.10 Å². The van der Waals surface area contributed by atoms with Gasteiger partial charge in [-0.15, -0.1) is 11.3 Å². The third-order valence-electron chi connectivity index (χ3n) is 2.07. The van der Waals surface area contributed by atoms with Gasteiger partial charge in [-0.05, 0) is 24.3 Å². The second-order valence-corrected chi connectivity index (χ2v) is 5.47. The monoisotopic (exact) mass is 298 g/mol. The van der Waals surface area contributed by atoms with Gasteiger partial charge in [0, 0.05) is 4.88 Å². The molecule has 0 saturated heterocycles. The number of amides is 1. The lowest BCUT2D eigenvalue weighted by molar-refractivity contribution is 0.0955. The Hall–Kier alpha value is -1.36. The van der Waals surface area contributed by atoms with Crippen molar-refractivity contribution in [3.63, 3.8) is 0 Å². The minimum absolute atomic E-state index is 0.348. The van der Waals surface area contributed by atoms with Gasteiger partial charge in [0.1, 0.15) is 0 Å². The van der Waals surface area contributed by atoms with Crippen LogP contribution in [0.25, 0.3) is 0 Å². The van der Waals surface area contributed by atoms with Crippen LogP contribution in [0, 0.1) is 0 Å². The van der Waals surface area contributed by atoms with Crippen molar-refractivity contribution in [1.29, 1.82) is 0 Å². The summed E-state index contributed by atoms with van der Waals surface area (Å²) in [6.45, 7) is 0. The Morgan fingerprint density at radius 2 is 2.00 bits per heavy atom. The summed E-state index contributed by atoms with van der Waals surface area (Å²) in [4.78, 5) is 12.6. The molecule has 1 aromatic heterocycles. The molecule has 0 saturated carbocycles. The van der Waals surface area contributed by atoms with E-state index in [1.165, 1.54) is 17.6 Å². The molecule has 92 valence electrons. The normalized spacial score (nSPS) is 10.8. The van der Waals surface area contributed by atoms with Crippen molar-refractivity contribution in [3.05, 3.63) is 56.2 Å². The van der Waals surface area contributed by atoms with E-state index < -0.39 is 0 Å². The Morgan fingerprint density at radius 3 is 2.67 bits per heavy atom. The number of hydrogen-bond acceptors (Lipinski definition) is 3. The van der Waals surface area contributed by atoms with Gasteiger partial charge in [-0.3, -0.25) is 4.79 Å². The molecule has 3 nitrogen and oxygen atoms in total. The van der Waals surface area contributed by atoms with E-state index in [0.717, 1.165) is 4.88 Å². The molecule has 6 heteroatoms. The molecular weight excluding hydrogens is 291 g/mol. The minimum atomic E-state index is -0.348. The number of benzene rings is 1. The van der Waals surface area contributed by atoms with Crippen molar-refractivity contribution < 1.29 is 4.79 Å². The van der Waals surface area contributed by atoms with Gasteiger partial charge in [-0.1, -0.05) is 35.3 Å². The van der Waals surface area contributed by atoms with Gasteiger partial charge in [0.15, 0.2) is 0 Å². The summed E-state index contributed by atoms with van der Waals surface area (Å²) in [6, 6.07) is 10.4. The number of rotatable bonds is 3. The summed E-state index contributed by atoms with van der Waals surface area (Å²) in [5.74, 6) is -0.348. The molecule has 2 rings (SSSR count). The van der Waals surface area contributed by atoms with Gasteiger partial charge in [0.05, 0.1) is 21.1 Å². The highest BCUT2D eigenvalue weighted by Gasteiger charge is 2.07. The summed E-state index contributed by atoms with van der Waals surface area (Å²) in [5, 5.41) is 4.23. The molecule has 0 radical (unpaired) electrons. The van der Waals surface area contributed by atoms with E-state index >= 15 is 0 Å². The van der Waals surface area contributed by atoms with Gasteiger partial charge in [-0.25, -0.2) is 5.43 Å². The fourth-order valence-corrected chi connectivity index (χ4v) is 2.41. The Labute approximate surface area is 118 Å². The van der Waals surface area contributed by atoms with Crippen LogP contribution in [0.1, 0.15) is 15.2 Å². The van der Waals surface area contributed by atoms with Crippen molar-refractivity contribution in [3.8, 4) is 0 Å². The molecule has 0 atom stereocenters. The largest absolute Gasteiger partial charge is 0.272 e. The number of carbonyl (C=O) groups excluding carboxylic acids is 1. The Kier molecular flexibility index (Phi) is 4.36. The molecule has 0 aliphatic heterocycles. The lowest BCUT2D eigenvalue weighted by Gasteiger charge is -2.01. The molecule has 0 fully saturated rings. The number of halogens is 2. The minimum Gasteiger partial charge on any atom is -0.267 e. The molecule has 1 amide bonds. The first-order valence-corrected chi connectivity index (χ1v) is 6.57. The first-order valence-electron chi connectivity index (χ1n) is 5.00. The molecule has 0 unspecified atom stereocenters. The Bertz CT molecular complexity index is 595. The van der Waals surface area contributed by atoms with Crippen LogP contribution in [0.15, 0.2) is 41.5 Å². The molecule has 0 bridgehead atoms. The molecule has 0 aliphatic carbocycles. The Balaban J connectivity index is 2.01. The van der Waals surface area contributed by atoms with Gasteiger partial charge in [0.2, 0.25) is 0 Å². The van der Waals surface area contributed by atoms with Crippen molar-refractivity contribution in [1.82, 2.24) is 5.43 Å². The smallest absolute Gasteiger partial charge is 0.267 e. The maximum Gasteiger partial charge on any atom is 0.272 e. The van der Waals surface area contributed by atoms with Crippen LogP contribution in [0.4, 0.5) is 0 Å². The zero-order chi connectivity index (χ0) is 13.0. The fourth-order valence-electron chi connectivity index (χ4n) is 1.26. The van der Waals surface area contributed by atoms with E-state index in [4.69, 9.17) is 23.2 Å². The predicted octanol–water partition coefficient (Wildman–Crippen LogP) is 3.82. The molecule has 0 spiro atoms. The van der Waals surface area contributed by atoms with Crippen LogP contribution in [0.2, 0.25) is 9.36 Å². The third kappa shape index (κ3) is 3.32. The van der Waals surface area contributed by atoms with E-state index in [2.05, 4.69) is 10.5 Å². The number of hydrazone groups is 1. The highest BCUT2D eigenvalue weighted by atomic mass is 35.5. The topological polar surface area (TPSA) is 41.5 Å². The van der Waals surface area contributed by atoms with Crippen LogP contribution in [-0.2, 0) is 0 Å². The summed E-state index contributed by atoms with van der Waals surface area (Å²) < 4.78 is 0.675. The maximum absolute atomic E-state index is 11.7. The summed E-state index contributed by atoms with van der Waals surface area (Å²) >= 11 is 13.0. The van der Waals surface area contributed by atoms with E-state index in [-0.39, 0.29) is 5.91 Å². The fraction of sp³-hybridized carbons (Fsp3) is 0. The van der Waals surface area contributed by atoms with Crippen LogP contribution in [0.3, 0.4) is 0 Å². The SMILES string of the molecule is O=C(NN=Cc1ccc(Cl)s1)c1ccccc1Cl. The molecule has 2 aromatic rings. The predicted molar refractivity (Wildman–Crippen MR) is 75.8 cm³/mol. The first kappa shape index (κ1) is 13.1. The average molecular weight is 299 g/mol. The van der Waals surface area contributed by atoms with Gasteiger partial charge in [-0.2, -0.15) is 5.10 Å². The zero-order valence-corrected chi connectivity index (χ0v) is 11.4. The van der Waals surface area contributed by atoms with Crippen molar-refractivity contribution >= 4 is 46.7 Å². The van der Waals surface area contributed by atoms with Gasteiger partial charge in [0.25, 0.3) is 5.91 Å². The van der Waals surface area contributed by atoms with Crippen molar-refractivity contribution in [2.75, 3.05) is 0 Å². The van der Waals surface area contributed by atoms with E-state index in [1.54, 1.807) is 30.3 Å². The molecule has 18 heavy (non-hydrogen) atoms. The summed E-state index contributed by atoms with van der Waals surface area (Å²) in [6.07, 6.45) is 1.53. The number of carbonyl (C=O) groups is 1. The average Bonchev–Trinajstić information content (AvgIpc) is 2.75. The lowest BCUT2D eigenvalue weighted by atomic mass is 10.2. The molecule has 1 N–H and O–H groups in total. The quantitative estimate of drug-likeness (QED) is 0.679. The van der Waals surface area contributed by atoms with Crippen molar-refractivity contribution in [2.45, 2.75) is 0 Å². The molecule has 1 aromatic carbocycles. The Morgan fingerprint density at radius 1 is 1.22 bits per heavy atom. The number of nitrogens with one attached hydrogen (secondary N) is 1. The second-order valence-electron chi connectivity index (χ2n) is 3.32. The van der Waals surface area contributed by atoms with Crippen LogP contribution >= 0.6 is 34.5 Å². The second kappa shape index (κ2) is 6.00. The van der Waals surface area contributed by atoms with E-state index in [9.17, 15) is 4.79 Å². The third-order valence-corrected chi connectivity index (χ3v) is 3.57. The van der Waals surface area contributed by atoms with Crippen LogP contribution in [0.5, 0.6) is 0 Å². The van der Waals surface area contributed by atoms with E-state index in [0.29, 0.717) is 14.9 Å². The highest BCUT2D eigenvalue weighted by Crippen LogP contribution is 2.19. The number of thiophene rings is 1.